The fourth-order valence-electron chi connectivity index (χ4n) is 4.06. The Bertz CT molecular complexity index is 559. The second-order valence-electron chi connectivity index (χ2n) is 7.17. The highest BCUT2D eigenvalue weighted by Crippen LogP contribution is 2.61. The van der Waals surface area contributed by atoms with Gasteiger partial charge in [-0.3, -0.25) is 4.79 Å². The van der Waals surface area contributed by atoms with Gasteiger partial charge in [0.2, 0.25) is 5.16 Å². The molecule has 0 aromatic carbocycles. The van der Waals surface area contributed by atoms with Crippen molar-refractivity contribution < 1.29 is 9.53 Å². The first-order valence-corrected chi connectivity index (χ1v) is 8.92. The summed E-state index contributed by atoms with van der Waals surface area (Å²) in [4.78, 5) is 12.1. The fourth-order valence-corrected chi connectivity index (χ4v) is 4.82. The standard InChI is InChI=1S/C15H24N4O2S/c1-9-11-7-10(15(11,2)3)8-12(9)21-13(20)5-6-22-14-16-17-18-19(14)4/h9-12H,5-8H2,1-4H3/t9-,10+,11+,12+/m0/s1. The van der Waals surface area contributed by atoms with Crippen LogP contribution in [0, 0.1) is 23.2 Å². The maximum atomic E-state index is 12.1. The minimum Gasteiger partial charge on any atom is -0.462 e. The Morgan fingerprint density at radius 3 is 2.82 bits per heavy atom. The number of ether oxygens (including phenoxy) is 1. The van der Waals surface area contributed by atoms with E-state index in [0.717, 1.165) is 11.6 Å². The molecule has 6 nitrogen and oxygen atoms in total. The summed E-state index contributed by atoms with van der Waals surface area (Å²) >= 11 is 1.48. The molecule has 3 saturated carbocycles. The lowest BCUT2D eigenvalue weighted by Crippen LogP contribution is -2.57. The quantitative estimate of drug-likeness (QED) is 0.611. The van der Waals surface area contributed by atoms with E-state index < -0.39 is 0 Å². The summed E-state index contributed by atoms with van der Waals surface area (Å²) in [6, 6.07) is 0. The first-order chi connectivity index (χ1) is 10.4. The summed E-state index contributed by atoms with van der Waals surface area (Å²) in [5, 5.41) is 11.9. The Balaban J connectivity index is 1.44. The number of aryl methyl sites for hydroxylation is 1. The zero-order valence-electron chi connectivity index (χ0n) is 13.7. The van der Waals surface area contributed by atoms with Crippen LogP contribution >= 0.6 is 11.8 Å². The first-order valence-electron chi connectivity index (χ1n) is 7.94. The van der Waals surface area contributed by atoms with E-state index in [2.05, 4.69) is 36.3 Å². The van der Waals surface area contributed by atoms with Crippen molar-refractivity contribution in [2.24, 2.45) is 30.2 Å². The zero-order chi connectivity index (χ0) is 15.9. The van der Waals surface area contributed by atoms with Gasteiger partial charge in [0.05, 0.1) is 6.42 Å². The van der Waals surface area contributed by atoms with E-state index >= 15 is 0 Å². The van der Waals surface area contributed by atoms with Gasteiger partial charge in [0.1, 0.15) is 6.10 Å². The predicted molar refractivity (Wildman–Crippen MR) is 83.2 cm³/mol. The number of fused-ring (bicyclic) bond motifs is 2. The molecular formula is C15H24N4O2S. The van der Waals surface area contributed by atoms with Crippen LogP contribution in [0.3, 0.4) is 0 Å². The molecule has 3 aliphatic carbocycles. The highest BCUT2D eigenvalue weighted by atomic mass is 32.2. The van der Waals surface area contributed by atoms with Gasteiger partial charge in [-0.25, -0.2) is 4.68 Å². The summed E-state index contributed by atoms with van der Waals surface area (Å²) in [7, 11) is 1.79. The van der Waals surface area contributed by atoms with Gasteiger partial charge in [-0.15, -0.1) is 5.10 Å². The van der Waals surface area contributed by atoms with E-state index in [-0.39, 0.29) is 12.1 Å². The average Bonchev–Trinajstić information content (AvgIpc) is 2.86. The van der Waals surface area contributed by atoms with Gasteiger partial charge < -0.3 is 4.74 Å². The summed E-state index contributed by atoms with van der Waals surface area (Å²) in [5.74, 6) is 2.43. The number of nitrogens with zero attached hydrogens (tertiary/aromatic N) is 4. The second kappa shape index (κ2) is 5.83. The SMILES string of the molecule is C[C@H]1[C@H]2C[C@H](C[C@H]1OC(=O)CCSc1nnnn1C)C2(C)C. The molecule has 0 saturated heterocycles. The van der Waals surface area contributed by atoms with Crippen molar-refractivity contribution in [1.29, 1.82) is 0 Å². The third-order valence-electron chi connectivity index (χ3n) is 5.69. The van der Waals surface area contributed by atoms with Crippen LogP contribution in [0.25, 0.3) is 0 Å². The van der Waals surface area contributed by atoms with Gasteiger partial charge in [0.15, 0.2) is 0 Å². The lowest BCUT2D eigenvalue weighted by atomic mass is 9.45. The van der Waals surface area contributed by atoms with Crippen molar-refractivity contribution >= 4 is 17.7 Å². The number of aromatic nitrogens is 4. The molecule has 2 bridgehead atoms. The maximum absolute atomic E-state index is 12.1. The highest BCUT2D eigenvalue weighted by Gasteiger charge is 2.57. The lowest BCUT2D eigenvalue weighted by molar-refractivity contribution is -0.185. The average molecular weight is 324 g/mol. The van der Waals surface area contributed by atoms with Crippen LogP contribution < -0.4 is 0 Å². The number of tetrazole rings is 1. The molecule has 0 radical (unpaired) electrons. The number of hydrogen-bond donors (Lipinski definition) is 0. The van der Waals surface area contributed by atoms with Gasteiger partial charge in [0, 0.05) is 12.8 Å². The molecule has 7 heteroatoms. The molecule has 4 rings (SSSR count). The van der Waals surface area contributed by atoms with Gasteiger partial charge in [0.25, 0.3) is 0 Å². The molecule has 0 unspecified atom stereocenters. The molecule has 0 amide bonds. The van der Waals surface area contributed by atoms with Gasteiger partial charge in [-0.2, -0.15) is 0 Å². The molecule has 0 spiro atoms. The minimum atomic E-state index is -0.0985. The van der Waals surface area contributed by atoms with Gasteiger partial charge in [-0.1, -0.05) is 32.5 Å². The highest BCUT2D eigenvalue weighted by molar-refractivity contribution is 7.99. The third kappa shape index (κ3) is 2.75. The number of esters is 1. The van der Waals surface area contributed by atoms with E-state index in [0.29, 0.717) is 35.3 Å². The number of carbonyl (C=O) groups excluding carboxylic acids is 1. The van der Waals surface area contributed by atoms with Crippen molar-refractivity contribution in [3.63, 3.8) is 0 Å². The van der Waals surface area contributed by atoms with E-state index in [1.165, 1.54) is 18.2 Å². The molecule has 1 heterocycles. The first kappa shape index (κ1) is 15.8. The summed E-state index contributed by atoms with van der Waals surface area (Å²) in [5.41, 5.74) is 0.427. The van der Waals surface area contributed by atoms with Crippen molar-refractivity contribution in [2.45, 2.75) is 51.3 Å². The number of hydrogen-bond acceptors (Lipinski definition) is 6. The monoisotopic (exact) mass is 324 g/mol. The van der Waals surface area contributed by atoms with Gasteiger partial charge in [-0.05, 0) is 46.4 Å². The van der Waals surface area contributed by atoms with Crippen molar-refractivity contribution in [2.75, 3.05) is 5.75 Å². The van der Waals surface area contributed by atoms with Crippen LogP contribution in [0.2, 0.25) is 0 Å². The second-order valence-corrected chi connectivity index (χ2v) is 8.23. The molecule has 0 aliphatic heterocycles. The van der Waals surface area contributed by atoms with E-state index in [1.807, 2.05) is 0 Å². The Morgan fingerprint density at radius 1 is 1.45 bits per heavy atom. The van der Waals surface area contributed by atoms with Crippen molar-refractivity contribution in [1.82, 2.24) is 20.2 Å². The summed E-state index contributed by atoms with van der Waals surface area (Å²) < 4.78 is 7.34. The largest absolute Gasteiger partial charge is 0.462 e. The van der Waals surface area contributed by atoms with E-state index in [9.17, 15) is 4.79 Å². The smallest absolute Gasteiger partial charge is 0.306 e. The Kier molecular flexibility index (Phi) is 4.18. The van der Waals surface area contributed by atoms with Crippen molar-refractivity contribution in [3.05, 3.63) is 0 Å². The van der Waals surface area contributed by atoms with Crippen LogP contribution in [0.15, 0.2) is 5.16 Å². The molecule has 1 aromatic rings. The topological polar surface area (TPSA) is 69.9 Å². The molecule has 3 fully saturated rings. The zero-order valence-corrected chi connectivity index (χ0v) is 14.5. The van der Waals surface area contributed by atoms with Crippen molar-refractivity contribution in [3.8, 4) is 0 Å². The molecule has 22 heavy (non-hydrogen) atoms. The Labute approximate surface area is 135 Å². The number of thioether (sulfide) groups is 1. The Hall–Kier alpha value is -1.11. The van der Waals surface area contributed by atoms with Gasteiger partial charge >= 0.3 is 5.97 Å². The number of rotatable bonds is 5. The van der Waals surface area contributed by atoms with Crippen LogP contribution in [-0.2, 0) is 16.6 Å². The molecule has 3 aliphatic rings. The maximum Gasteiger partial charge on any atom is 0.306 e. The fraction of sp³-hybridized carbons (Fsp3) is 0.867. The van der Waals surface area contributed by atoms with Crippen LogP contribution in [0.4, 0.5) is 0 Å². The van der Waals surface area contributed by atoms with Crippen LogP contribution in [-0.4, -0.2) is 38.0 Å². The van der Waals surface area contributed by atoms with Crippen LogP contribution in [0.1, 0.15) is 40.0 Å². The normalized spacial score (nSPS) is 32.4. The number of carbonyl (C=O) groups is 1. The molecular weight excluding hydrogens is 300 g/mol. The Morgan fingerprint density at radius 2 is 2.23 bits per heavy atom. The molecule has 0 N–H and O–H groups in total. The van der Waals surface area contributed by atoms with E-state index in [4.69, 9.17) is 4.74 Å². The summed E-state index contributed by atoms with van der Waals surface area (Å²) in [6.45, 7) is 6.94. The third-order valence-corrected chi connectivity index (χ3v) is 6.70. The molecule has 4 atom stereocenters. The molecule has 1 aromatic heterocycles. The lowest BCUT2D eigenvalue weighted by Gasteiger charge is -2.61. The van der Waals surface area contributed by atoms with E-state index in [1.54, 1.807) is 11.7 Å². The minimum absolute atomic E-state index is 0.0985. The molecule has 122 valence electrons. The predicted octanol–water partition coefficient (Wildman–Crippen LogP) is 2.31. The van der Waals surface area contributed by atoms with Crippen LogP contribution in [0.5, 0.6) is 0 Å². The summed E-state index contributed by atoms with van der Waals surface area (Å²) in [6.07, 6.45) is 2.83.